The fourth-order valence-electron chi connectivity index (χ4n) is 1.96. The second kappa shape index (κ2) is 6.49. The lowest BCUT2D eigenvalue weighted by Gasteiger charge is -2.13. The number of rotatable bonds is 5. The third kappa shape index (κ3) is 3.66. The Hall–Kier alpha value is -2.21. The molecule has 2 aromatic rings. The van der Waals surface area contributed by atoms with Crippen molar-refractivity contribution in [3.8, 4) is 0 Å². The number of nitrogens with zero attached hydrogens (tertiary/aromatic N) is 2. The maximum atomic E-state index is 11.8. The fourth-order valence-corrected chi connectivity index (χ4v) is 2.26. The smallest absolute Gasteiger partial charge is 0.340 e. The maximum absolute atomic E-state index is 11.8. The van der Waals surface area contributed by atoms with E-state index in [1.807, 2.05) is 17.8 Å². The molecule has 0 radical (unpaired) electrons. The van der Waals surface area contributed by atoms with E-state index >= 15 is 0 Å². The number of nitrogens with two attached hydrogens (primary N) is 1. The monoisotopic (exact) mass is 308 g/mol. The Kier molecular flexibility index (Phi) is 4.70. The number of hydrogen-bond donors (Lipinski definition) is 2. The molecular formula is C14H17ClN4O2. The van der Waals surface area contributed by atoms with Gasteiger partial charge >= 0.3 is 5.97 Å². The molecule has 0 amide bonds. The summed E-state index contributed by atoms with van der Waals surface area (Å²) in [6.07, 6.45) is 3.73. The lowest BCUT2D eigenvalue weighted by Crippen LogP contribution is -2.14. The highest BCUT2D eigenvalue weighted by Crippen LogP contribution is 2.29. The van der Waals surface area contributed by atoms with Gasteiger partial charge in [0.15, 0.2) is 0 Å². The second-order valence-corrected chi connectivity index (χ2v) is 5.03. The lowest BCUT2D eigenvalue weighted by atomic mass is 10.1. The van der Waals surface area contributed by atoms with Crippen molar-refractivity contribution in [2.75, 3.05) is 24.7 Å². The van der Waals surface area contributed by atoms with Crippen molar-refractivity contribution in [1.29, 1.82) is 0 Å². The Morgan fingerprint density at radius 2 is 2.29 bits per heavy atom. The molecule has 0 unspecified atom stereocenters. The number of hydrogen-bond acceptors (Lipinski definition) is 5. The highest BCUT2D eigenvalue weighted by molar-refractivity contribution is 6.34. The summed E-state index contributed by atoms with van der Waals surface area (Å²) in [5.41, 5.74) is 8.05. The van der Waals surface area contributed by atoms with Gasteiger partial charge in [-0.2, -0.15) is 5.10 Å². The van der Waals surface area contributed by atoms with E-state index < -0.39 is 5.97 Å². The predicted molar refractivity (Wildman–Crippen MR) is 82.7 cm³/mol. The number of aromatic nitrogens is 2. The van der Waals surface area contributed by atoms with Crippen molar-refractivity contribution in [1.82, 2.24) is 9.78 Å². The van der Waals surface area contributed by atoms with Gasteiger partial charge in [-0.3, -0.25) is 4.68 Å². The first-order valence-corrected chi connectivity index (χ1v) is 6.79. The summed E-state index contributed by atoms with van der Waals surface area (Å²) in [5, 5.41) is 7.70. The SMILES string of the molecule is COC(=O)c1cc(N)cc(Cl)c1NCCn1cc(C)cn1. The first-order valence-electron chi connectivity index (χ1n) is 6.41. The van der Waals surface area contributed by atoms with Crippen molar-refractivity contribution in [2.24, 2.45) is 0 Å². The third-order valence-electron chi connectivity index (χ3n) is 2.92. The highest BCUT2D eigenvalue weighted by Gasteiger charge is 2.16. The summed E-state index contributed by atoms with van der Waals surface area (Å²) >= 11 is 6.15. The predicted octanol–water partition coefficient (Wildman–Crippen LogP) is 2.33. The molecule has 1 aromatic carbocycles. The zero-order chi connectivity index (χ0) is 15.4. The van der Waals surface area contributed by atoms with Gasteiger partial charge in [-0.25, -0.2) is 4.79 Å². The van der Waals surface area contributed by atoms with E-state index in [1.165, 1.54) is 13.2 Å². The van der Waals surface area contributed by atoms with Gasteiger partial charge in [-0.15, -0.1) is 0 Å². The van der Waals surface area contributed by atoms with Crippen LogP contribution in [0.3, 0.4) is 0 Å². The van der Waals surface area contributed by atoms with Crippen LogP contribution >= 0.6 is 11.6 Å². The van der Waals surface area contributed by atoms with Gasteiger partial charge in [0.25, 0.3) is 0 Å². The Morgan fingerprint density at radius 3 is 2.90 bits per heavy atom. The van der Waals surface area contributed by atoms with Crippen molar-refractivity contribution in [3.05, 3.63) is 40.7 Å². The number of halogens is 1. The molecule has 2 rings (SSSR count). The number of methoxy groups -OCH3 is 1. The zero-order valence-electron chi connectivity index (χ0n) is 11.9. The summed E-state index contributed by atoms with van der Waals surface area (Å²) in [6.45, 7) is 3.19. The van der Waals surface area contributed by atoms with E-state index in [0.29, 0.717) is 35.1 Å². The molecule has 7 heteroatoms. The van der Waals surface area contributed by atoms with Gasteiger partial charge in [0.05, 0.1) is 36.1 Å². The first-order chi connectivity index (χ1) is 10.0. The number of nitrogens with one attached hydrogen (secondary N) is 1. The number of anilines is 2. The van der Waals surface area contributed by atoms with Gasteiger partial charge in [0.2, 0.25) is 0 Å². The van der Waals surface area contributed by atoms with Crippen LogP contribution in [0.4, 0.5) is 11.4 Å². The van der Waals surface area contributed by atoms with Crippen LogP contribution in [0.1, 0.15) is 15.9 Å². The van der Waals surface area contributed by atoms with Crippen LogP contribution in [0, 0.1) is 6.92 Å². The van der Waals surface area contributed by atoms with Gasteiger partial charge in [-0.05, 0) is 24.6 Å². The van der Waals surface area contributed by atoms with Crippen LogP contribution in [0.2, 0.25) is 5.02 Å². The van der Waals surface area contributed by atoms with Crippen LogP contribution in [0.25, 0.3) is 0 Å². The van der Waals surface area contributed by atoms with E-state index in [1.54, 1.807) is 12.3 Å². The minimum absolute atomic E-state index is 0.319. The largest absolute Gasteiger partial charge is 0.465 e. The zero-order valence-corrected chi connectivity index (χ0v) is 12.6. The van der Waals surface area contributed by atoms with Crippen LogP contribution in [-0.4, -0.2) is 29.4 Å². The molecule has 0 bridgehead atoms. The molecule has 0 fully saturated rings. The molecular weight excluding hydrogens is 292 g/mol. The van der Waals surface area contributed by atoms with E-state index in [9.17, 15) is 4.79 Å². The number of nitrogen functional groups attached to an aromatic ring is 1. The van der Waals surface area contributed by atoms with Crippen LogP contribution in [0.15, 0.2) is 24.5 Å². The van der Waals surface area contributed by atoms with Crippen molar-refractivity contribution in [2.45, 2.75) is 13.5 Å². The van der Waals surface area contributed by atoms with E-state index in [2.05, 4.69) is 10.4 Å². The molecule has 1 heterocycles. The summed E-state index contributed by atoms with van der Waals surface area (Å²) in [4.78, 5) is 11.8. The number of carbonyl (C=O) groups excluding carboxylic acids is 1. The van der Waals surface area contributed by atoms with Gasteiger partial charge < -0.3 is 15.8 Å². The second-order valence-electron chi connectivity index (χ2n) is 4.62. The lowest BCUT2D eigenvalue weighted by molar-refractivity contribution is 0.0602. The molecule has 0 saturated heterocycles. The molecule has 0 saturated carbocycles. The topological polar surface area (TPSA) is 82.2 Å². The number of carbonyl (C=O) groups is 1. The van der Waals surface area contributed by atoms with Gasteiger partial charge in [0.1, 0.15) is 0 Å². The van der Waals surface area contributed by atoms with Crippen molar-refractivity contribution < 1.29 is 9.53 Å². The van der Waals surface area contributed by atoms with E-state index in [-0.39, 0.29) is 0 Å². The van der Waals surface area contributed by atoms with Crippen LogP contribution in [-0.2, 0) is 11.3 Å². The number of benzene rings is 1. The summed E-state index contributed by atoms with van der Waals surface area (Å²) in [6, 6.07) is 3.13. The summed E-state index contributed by atoms with van der Waals surface area (Å²) in [7, 11) is 1.32. The van der Waals surface area contributed by atoms with Crippen molar-refractivity contribution in [3.63, 3.8) is 0 Å². The molecule has 3 N–H and O–H groups in total. The van der Waals surface area contributed by atoms with Gasteiger partial charge in [0, 0.05) is 18.4 Å². The first kappa shape index (κ1) is 15.2. The highest BCUT2D eigenvalue weighted by atomic mass is 35.5. The molecule has 112 valence electrons. The van der Waals surface area contributed by atoms with Crippen molar-refractivity contribution >= 4 is 28.9 Å². The molecule has 0 spiro atoms. The van der Waals surface area contributed by atoms with E-state index in [4.69, 9.17) is 22.1 Å². The standard InChI is InChI=1S/C14H17ClN4O2/c1-9-7-18-19(8-9)4-3-17-13-11(14(20)21-2)5-10(16)6-12(13)15/h5-8,17H,3-4,16H2,1-2H3. The fraction of sp³-hybridized carbons (Fsp3) is 0.286. The average molecular weight is 309 g/mol. The summed E-state index contributed by atoms with van der Waals surface area (Å²) < 4.78 is 6.56. The Labute approximate surface area is 127 Å². The summed E-state index contributed by atoms with van der Waals surface area (Å²) in [5.74, 6) is -0.485. The normalized spacial score (nSPS) is 10.4. The molecule has 0 aliphatic heterocycles. The minimum atomic E-state index is -0.485. The third-order valence-corrected chi connectivity index (χ3v) is 3.22. The van der Waals surface area contributed by atoms with E-state index in [0.717, 1.165) is 5.56 Å². The molecule has 0 atom stereocenters. The van der Waals surface area contributed by atoms with Crippen LogP contribution in [0.5, 0.6) is 0 Å². The minimum Gasteiger partial charge on any atom is -0.465 e. The Morgan fingerprint density at radius 1 is 1.52 bits per heavy atom. The number of esters is 1. The quantitative estimate of drug-likeness (QED) is 0.654. The molecule has 0 aliphatic carbocycles. The van der Waals surface area contributed by atoms with Crippen LogP contribution < -0.4 is 11.1 Å². The molecule has 21 heavy (non-hydrogen) atoms. The molecule has 1 aromatic heterocycles. The molecule has 0 aliphatic rings. The Balaban J connectivity index is 2.13. The number of ether oxygens (including phenoxy) is 1. The maximum Gasteiger partial charge on any atom is 0.340 e. The average Bonchev–Trinajstić information content (AvgIpc) is 2.85. The molecule has 6 nitrogen and oxygen atoms in total. The van der Waals surface area contributed by atoms with Gasteiger partial charge in [-0.1, -0.05) is 11.6 Å². The Bertz CT molecular complexity index is 654. The number of aryl methyl sites for hydroxylation is 1.